The molecule has 0 radical (unpaired) electrons. The molecular weight excluding hydrogens is 590 g/mol. The van der Waals surface area contributed by atoms with Crippen LogP contribution in [-0.2, 0) is 51.0 Å². The number of carbonyl (C=O) groups excluding carboxylic acids is 3. The van der Waals surface area contributed by atoms with Gasteiger partial charge in [0.15, 0.2) is 6.10 Å². The number of aryl methyl sites for hydroxylation is 1. The minimum absolute atomic E-state index is 0.0353. The van der Waals surface area contributed by atoms with Crippen molar-refractivity contribution < 1.29 is 38.1 Å². The van der Waals surface area contributed by atoms with E-state index in [1.807, 2.05) is 6.92 Å². The van der Waals surface area contributed by atoms with Crippen LogP contribution in [0.4, 0.5) is 0 Å². The number of hydrogen-bond donors (Lipinski definition) is 0. The minimum atomic E-state index is -0.679. The Hall–Kier alpha value is -2.53. The molecule has 1 unspecified atom stereocenters. The molecule has 1 rings (SSSR count). The van der Waals surface area contributed by atoms with Crippen molar-refractivity contribution in [3.8, 4) is 0 Å². The lowest BCUT2D eigenvalue weighted by Crippen LogP contribution is -2.30. The highest BCUT2D eigenvalue weighted by Crippen LogP contribution is 2.12. The van der Waals surface area contributed by atoms with Crippen molar-refractivity contribution in [1.29, 1.82) is 0 Å². The van der Waals surface area contributed by atoms with Crippen LogP contribution in [0.3, 0.4) is 0 Å². The maximum Gasteiger partial charge on any atom is 0.306 e. The molecule has 11 heteroatoms. The van der Waals surface area contributed by atoms with E-state index in [-0.39, 0.29) is 44.1 Å². The minimum Gasteiger partial charge on any atom is -0.463 e. The van der Waals surface area contributed by atoms with E-state index in [1.165, 1.54) is 51.4 Å². The van der Waals surface area contributed by atoms with Crippen molar-refractivity contribution in [1.82, 2.24) is 15.0 Å². The first-order chi connectivity index (χ1) is 22.5. The van der Waals surface area contributed by atoms with Crippen molar-refractivity contribution in [2.75, 3.05) is 39.6 Å². The van der Waals surface area contributed by atoms with Crippen LogP contribution in [-0.4, -0.2) is 78.6 Å². The van der Waals surface area contributed by atoms with Gasteiger partial charge < -0.3 is 23.7 Å². The summed E-state index contributed by atoms with van der Waals surface area (Å²) in [6.45, 7) is 8.81. The van der Waals surface area contributed by atoms with Gasteiger partial charge >= 0.3 is 17.9 Å². The molecule has 266 valence electrons. The Labute approximate surface area is 277 Å². The van der Waals surface area contributed by atoms with E-state index in [2.05, 4.69) is 24.2 Å². The fourth-order valence-electron chi connectivity index (χ4n) is 4.81. The van der Waals surface area contributed by atoms with E-state index in [0.29, 0.717) is 51.4 Å². The number of hydrogen-bond acceptors (Lipinski definition) is 10. The van der Waals surface area contributed by atoms with Crippen LogP contribution >= 0.6 is 0 Å². The summed E-state index contributed by atoms with van der Waals surface area (Å²) in [6, 6.07) is 0. The van der Waals surface area contributed by atoms with Gasteiger partial charge in [-0.25, -0.2) is 4.68 Å². The molecule has 0 bridgehead atoms. The van der Waals surface area contributed by atoms with E-state index in [0.717, 1.165) is 44.9 Å². The first-order valence-corrected chi connectivity index (χ1v) is 18.0. The number of ether oxygens (including phenoxy) is 5. The Morgan fingerprint density at radius 3 is 1.80 bits per heavy atom. The molecule has 0 aromatic carbocycles. The quantitative estimate of drug-likeness (QED) is 0.0458. The van der Waals surface area contributed by atoms with Crippen LogP contribution in [0.2, 0.25) is 0 Å². The van der Waals surface area contributed by atoms with Crippen LogP contribution in [0.5, 0.6) is 0 Å². The van der Waals surface area contributed by atoms with Gasteiger partial charge in [0.1, 0.15) is 13.2 Å². The van der Waals surface area contributed by atoms with E-state index >= 15 is 0 Å². The van der Waals surface area contributed by atoms with Crippen LogP contribution in [0.25, 0.3) is 0 Å². The monoisotopic (exact) mass is 653 g/mol. The summed E-state index contributed by atoms with van der Waals surface area (Å²) in [5.74, 6) is -0.928. The molecule has 1 heterocycles. The smallest absolute Gasteiger partial charge is 0.306 e. The first-order valence-electron chi connectivity index (χ1n) is 18.0. The van der Waals surface area contributed by atoms with Gasteiger partial charge in [-0.1, -0.05) is 103 Å². The van der Waals surface area contributed by atoms with Gasteiger partial charge in [0.05, 0.1) is 38.5 Å². The Bertz CT molecular complexity index is 895. The van der Waals surface area contributed by atoms with E-state index < -0.39 is 6.10 Å². The zero-order valence-corrected chi connectivity index (χ0v) is 29.1. The fourth-order valence-corrected chi connectivity index (χ4v) is 4.81. The van der Waals surface area contributed by atoms with E-state index in [1.54, 1.807) is 10.9 Å². The molecule has 0 spiro atoms. The first kappa shape index (κ1) is 41.5. The van der Waals surface area contributed by atoms with Gasteiger partial charge in [0.25, 0.3) is 0 Å². The topological polar surface area (TPSA) is 128 Å². The van der Waals surface area contributed by atoms with Crippen molar-refractivity contribution in [3.63, 3.8) is 0 Å². The highest BCUT2D eigenvalue weighted by molar-refractivity contribution is 5.70. The van der Waals surface area contributed by atoms with Gasteiger partial charge in [-0.15, -0.1) is 5.10 Å². The molecule has 0 amide bonds. The number of unbranched alkanes of at least 4 members (excludes halogenated alkanes) is 12. The summed E-state index contributed by atoms with van der Waals surface area (Å²) < 4.78 is 28.7. The van der Waals surface area contributed by atoms with Crippen LogP contribution in [0, 0.1) is 0 Å². The molecule has 0 saturated heterocycles. The number of aromatic nitrogens is 3. The predicted octanol–water partition coefficient (Wildman–Crippen LogP) is 6.93. The van der Waals surface area contributed by atoms with Crippen LogP contribution in [0.1, 0.15) is 142 Å². The summed E-state index contributed by atoms with van der Waals surface area (Å²) in [6.07, 6.45) is 18.8. The molecule has 0 N–H and O–H groups in total. The highest BCUT2D eigenvalue weighted by atomic mass is 16.6. The predicted molar refractivity (Wildman–Crippen MR) is 177 cm³/mol. The van der Waals surface area contributed by atoms with Crippen LogP contribution in [0.15, 0.2) is 6.20 Å². The molecule has 0 saturated carbocycles. The molecule has 1 aromatic heterocycles. The van der Waals surface area contributed by atoms with Gasteiger partial charge in [-0.05, 0) is 19.3 Å². The van der Waals surface area contributed by atoms with Crippen LogP contribution < -0.4 is 0 Å². The standard InChI is InChI=1S/C35H63N3O8/c1-4-7-9-11-13-15-17-19-33(39)45-30-32(46-35(41)20-18-16-14-12-10-8-5-2)29-38-28-31(36-37-38)21-22-34(40)44-27-26-43-25-24-42-23-6-3/h28,32H,4-27,29-30H2,1-3H3. The summed E-state index contributed by atoms with van der Waals surface area (Å²) >= 11 is 0. The second-order valence-electron chi connectivity index (χ2n) is 11.9. The van der Waals surface area contributed by atoms with Gasteiger partial charge in [0, 0.05) is 32.1 Å². The molecule has 0 aliphatic rings. The SMILES string of the molecule is CCCCCCCCCC(=O)OCC(Cn1cc(CCC(=O)OCCOCCOCCC)nn1)OC(=O)CCCCCCCCC. The highest BCUT2D eigenvalue weighted by Gasteiger charge is 2.19. The molecule has 0 aliphatic carbocycles. The lowest BCUT2D eigenvalue weighted by molar-refractivity contribution is -0.160. The van der Waals surface area contributed by atoms with Crippen molar-refractivity contribution in [3.05, 3.63) is 11.9 Å². The second-order valence-corrected chi connectivity index (χ2v) is 11.9. The third-order valence-corrected chi connectivity index (χ3v) is 7.47. The lowest BCUT2D eigenvalue weighted by Gasteiger charge is -2.18. The Kier molecular flexibility index (Phi) is 26.9. The molecule has 0 aliphatic heterocycles. The number of carbonyl (C=O) groups is 3. The number of esters is 3. The number of rotatable bonds is 32. The molecule has 1 atom stereocenters. The second kappa shape index (κ2) is 29.8. The van der Waals surface area contributed by atoms with Gasteiger partial charge in [-0.2, -0.15) is 0 Å². The third kappa shape index (κ3) is 24.7. The molecule has 0 fully saturated rings. The Morgan fingerprint density at radius 2 is 1.17 bits per heavy atom. The fraction of sp³-hybridized carbons (Fsp3) is 0.857. The average molecular weight is 654 g/mol. The zero-order chi connectivity index (χ0) is 33.5. The third-order valence-electron chi connectivity index (χ3n) is 7.47. The molecule has 1 aromatic rings. The van der Waals surface area contributed by atoms with Crippen molar-refractivity contribution in [2.45, 2.75) is 155 Å². The lowest BCUT2D eigenvalue weighted by atomic mass is 10.1. The Balaban J connectivity index is 2.47. The zero-order valence-electron chi connectivity index (χ0n) is 29.1. The van der Waals surface area contributed by atoms with Gasteiger partial charge in [-0.3, -0.25) is 14.4 Å². The molecule has 46 heavy (non-hydrogen) atoms. The maximum atomic E-state index is 12.6. The Morgan fingerprint density at radius 1 is 0.630 bits per heavy atom. The van der Waals surface area contributed by atoms with Crippen molar-refractivity contribution >= 4 is 17.9 Å². The number of nitrogens with zero attached hydrogens (tertiary/aromatic N) is 3. The summed E-state index contributed by atoms with van der Waals surface area (Å²) in [5.41, 5.74) is 0.616. The normalized spacial score (nSPS) is 11.8. The van der Waals surface area contributed by atoms with Crippen molar-refractivity contribution in [2.24, 2.45) is 0 Å². The molecular formula is C35H63N3O8. The van der Waals surface area contributed by atoms with E-state index in [4.69, 9.17) is 23.7 Å². The summed E-state index contributed by atoms with van der Waals surface area (Å²) in [5, 5.41) is 8.29. The largest absolute Gasteiger partial charge is 0.463 e. The molecule has 11 nitrogen and oxygen atoms in total. The van der Waals surface area contributed by atoms with E-state index in [9.17, 15) is 14.4 Å². The maximum absolute atomic E-state index is 12.6. The summed E-state index contributed by atoms with van der Waals surface area (Å²) in [7, 11) is 0. The average Bonchev–Trinajstić information content (AvgIpc) is 3.50. The van der Waals surface area contributed by atoms with Gasteiger partial charge in [0.2, 0.25) is 0 Å². The summed E-state index contributed by atoms with van der Waals surface area (Å²) in [4.78, 5) is 37.1.